The lowest BCUT2D eigenvalue weighted by Crippen LogP contribution is -2.38. The van der Waals surface area contributed by atoms with E-state index in [0.29, 0.717) is 12.5 Å². The van der Waals surface area contributed by atoms with E-state index < -0.39 is 5.60 Å². The molecule has 0 saturated heterocycles. The molecule has 0 atom stereocenters. The Morgan fingerprint density at radius 3 is 2.67 bits per heavy atom. The average molecular weight is 244 g/mol. The molecular weight excluding hydrogens is 228 g/mol. The van der Waals surface area contributed by atoms with Crippen LogP contribution in [-0.2, 0) is 6.54 Å². The largest absolute Gasteiger partial charge is 0.388 e. The molecule has 1 aromatic rings. The molecule has 1 aromatic heterocycles. The Hall–Kier alpha value is -1.85. The van der Waals surface area contributed by atoms with Gasteiger partial charge in [0.05, 0.1) is 18.5 Å². The minimum atomic E-state index is -0.772. The van der Waals surface area contributed by atoms with Crippen molar-refractivity contribution in [1.29, 1.82) is 10.5 Å². The van der Waals surface area contributed by atoms with Gasteiger partial charge in [-0.2, -0.15) is 10.5 Å². The first-order chi connectivity index (χ1) is 8.58. The zero-order valence-corrected chi connectivity index (χ0v) is 10.4. The minimum Gasteiger partial charge on any atom is -0.388 e. The van der Waals surface area contributed by atoms with Gasteiger partial charge >= 0.3 is 0 Å². The Bertz CT molecular complexity index is 512. The van der Waals surface area contributed by atoms with Crippen LogP contribution in [0.2, 0.25) is 0 Å². The van der Waals surface area contributed by atoms with Crippen molar-refractivity contribution in [2.24, 2.45) is 5.92 Å². The lowest BCUT2D eigenvalue weighted by Gasteiger charge is -2.35. The van der Waals surface area contributed by atoms with Gasteiger partial charge in [-0.05, 0) is 31.6 Å². The summed E-state index contributed by atoms with van der Waals surface area (Å²) in [6, 6.07) is 3.87. The average Bonchev–Trinajstić information content (AvgIpc) is 2.75. The molecular formula is C13H16N4O. The molecule has 0 unspecified atom stereocenters. The first-order valence-corrected chi connectivity index (χ1v) is 6.16. The maximum Gasteiger partial charge on any atom is 0.176 e. The molecule has 0 aromatic carbocycles. The molecule has 94 valence electrons. The van der Waals surface area contributed by atoms with Crippen molar-refractivity contribution in [2.75, 3.05) is 0 Å². The molecule has 1 aliphatic rings. The fourth-order valence-corrected chi connectivity index (χ4v) is 2.48. The number of nitrogens with zero attached hydrogens (tertiary/aromatic N) is 4. The van der Waals surface area contributed by atoms with Crippen molar-refractivity contribution in [3.8, 4) is 12.1 Å². The van der Waals surface area contributed by atoms with Crippen LogP contribution in [0.5, 0.6) is 0 Å². The quantitative estimate of drug-likeness (QED) is 0.855. The van der Waals surface area contributed by atoms with Crippen molar-refractivity contribution in [3.63, 3.8) is 0 Å². The lowest BCUT2D eigenvalue weighted by molar-refractivity contribution is -0.0219. The number of hydrogen-bond acceptors (Lipinski definition) is 4. The third-order valence-electron chi connectivity index (χ3n) is 3.72. The van der Waals surface area contributed by atoms with E-state index in [0.717, 1.165) is 25.7 Å². The molecule has 1 heterocycles. The van der Waals surface area contributed by atoms with E-state index in [2.05, 4.69) is 11.9 Å². The zero-order chi connectivity index (χ0) is 13.2. The molecule has 1 aliphatic carbocycles. The summed E-state index contributed by atoms with van der Waals surface area (Å²) in [7, 11) is 0. The van der Waals surface area contributed by atoms with E-state index >= 15 is 0 Å². The summed E-state index contributed by atoms with van der Waals surface area (Å²) < 4.78 is 1.59. The summed E-state index contributed by atoms with van der Waals surface area (Å²) in [5, 5.41) is 28.4. The highest BCUT2D eigenvalue weighted by atomic mass is 16.3. The fourth-order valence-electron chi connectivity index (χ4n) is 2.48. The van der Waals surface area contributed by atoms with Gasteiger partial charge in [-0.25, -0.2) is 4.98 Å². The van der Waals surface area contributed by atoms with Gasteiger partial charge in [-0.15, -0.1) is 0 Å². The van der Waals surface area contributed by atoms with Gasteiger partial charge < -0.3 is 9.67 Å². The van der Waals surface area contributed by atoms with Crippen molar-refractivity contribution >= 4 is 0 Å². The van der Waals surface area contributed by atoms with Crippen LogP contribution in [0.1, 0.15) is 44.0 Å². The minimum absolute atomic E-state index is 0.130. The third kappa shape index (κ3) is 2.37. The zero-order valence-electron chi connectivity index (χ0n) is 10.4. The molecule has 18 heavy (non-hydrogen) atoms. The van der Waals surface area contributed by atoms with Gasteiger partial charge in [0.25, 0.3) is 0 Å². The van der Waals surface area contributed by atoms with Crippen LogP contribution in [0.3, 0.4) is 0 Å². The van der Waals surface area contributed by atoms with Gasteiger partial charge in [0.2, 0.25) is 0 Å². The molecule has 0 amide bonds. The van der Waals surface area contributed by atoms with Crippen LogP contribution in [0.15, 0.2) is 6.33 Å². The number of hydrogen-bond donors (Lipinski definition) is 1. The molecule has 1 N–H and O–H groups in total. The molecule has 0 spiro atoms. The Balaban J connectivity index is 2.17. The number of imidazole rings is 1. The van der Waals surface area contributed by atoms with Crippen LogP contribution in [0.25, 0.3) is 0 Å². The van der Waals surface area contributed by atoms with Crippen molar-refractivity contribution in [2.45, 2.75) is 44.8 Å². The van der Waals surface area contributed by atoms with Crippen LogP contribution in [0.4, 0.5) is 0 Å². The summed E-state index contributed by atoms with van der Waals surface area (Å²) in [5.74, 6) is 0.651. The Morgan fingerprint density at radius 1 is 1.44 bits per heavy atom. The highest BCUT2D eigenvalue weighted by molar-refractivity contribution is 5.36. The van der Waals surface area contributed by atoms with Crippen LogP contribution >= 0.6 is 0 Å². The van der Waals surface area contributed by atoms with E-state index in [9.17, 15) is 5.11 Å². The van der Waals surface area contributed by atoms with Crippen molar-refractivity contribution < 1.29 is 5.11 Å². The topological polar surface area (TPSA) is 85.6 Å². The normalized spacial score (nSPS) is 27.4. The highest BCUT2D eigenvalue weighted by Gasteiger charge is 2.33. The number of rotatable bonds is 2. The van der Waals surface area contributed by atoms with Crippen LogP contribution in [-0.4, -0.2) is 20.3 Å². The van der Waals surface area contributed by atoms with Gasteiger partial charge in [0.15, 0.2) is 11.4 Å². The smallest absolute Gasteiger partial charge is 0.176 e. The van der Waals surface area contributed by atoms with E-state index in [1.165, 1.54) is 6.33 Å². The number of aliphatic hydroxyl groups is 1. The first kappa shape index (κ1) is 12.6. The molecule has 0 bridgehead atoms. The first-order valence-electron chi connectivity index (χ1n) is 6.16. The van der Waals surface area contributed by atoms with Crippen LogP contribution < -0.4 is 0 Å². The van der Waals surface area contributed by atoms with E-state index in [4.69, 9.17) is 10.5 Å². The lowest BCUT2D eigenvalue weighted by atomic mass is 9.79. The van der Waals surface area contributed by atoms with Gasteiger partial charge in [0, 0.05) is 0 Å². The molecule has 5 heteroatoms. The highest BCUT2D eigenvalue weighted by Crippen LogP contribution is 2.33. The molecule has 0 aliphatic heterocycles. The van der Waals surface area contributed by atoms with Gasteiger partial charge in [0.1, 0.15) is 12.1 Å². The van der Waals surface area contributed by atoms with Gasteiger partial charge in [-0.3, -0.25) is 0 Å². The Labute approximate surface area is 106 Å². The maximum absolute atomic E-state index is 10.5. The van der Waals surface area contributed by atoms with E-state index in [1.807, 2.05) is 12.1 Å². The van der Waals surface area contributed by atoms with Crippen LogP contribution in [0, 0.1) is 28.6 Å². The SMILES string of the molecule is CC1CCC(O)(Cn2cnc(C#N)c2C#N)CC1. The summed E-state index contributed by atoms with van der Waals surface area (Å²) in [4.78, 5) is 3.89. The predicted molar refractivity (Wildman–Crippen MR) is 64.2 cm³/mol. The maximum atomic E-state index is 10.5. The molecule has 1 saturated carbocycles. The van der Waals surface area contributed by atoms with Crippen molar-refractivity contribution in [3.05, 3.63) is 17.7 Å². The second-order valence-corrected chi connectivity index (χ2v) is 5.20. The standard InChI is InChI=1S/C13H16N4O/c1-10-2-4-13(18,5-3-10)8-17-9-16-11(6-14)12(17)7-15/h9-10,18H,2-5,8H2,1H3. The summed E-state index contributed by atoms with van der Waals surface area (Å²) in [5.41, 5.74) is -0.402. The number of nitriles is 2. The second-order valence-electron chi connectivity index (χ2n) is 5.20. The van der Waals surface area contributed by atoms with Gasteiger partial charge in [-0.1, -0.05) is 6.92 Å². The second kappa shape index (κ2) is 4.80. The Kier molecular flexibility index (Phi) is 3.36. The Morgan fingerprint density at radius 2 is 2.11 bits per heavy atom. The predicted octanol–water partition coefficient (Wildman–Crippen LogP) is 1.57. The third-order valence-corrected chi connectivity index (χ3v) is 3.72. The summed E-state index contributed by atoms with van der Waals surface area (Å²) in [6.07, 6.45) is 4.93. The summed E-state index contributed by atoms with van der Waals surface area (Å²) >= 11 is 0. The number of aromatic nitrogens is 2. The molecule has 5 nitrogen and oxygen atoms in total. The molecule has 2 rings (SSSR count). The van der Waals surface area contributed by atoms with Crippen molar-refractivity contribution in [1.82, 2.24) is 9.55 Å². The van der Waals surface area contributed by atoms with E-state index in [1.54, 1.807) is 4.57 Å². The monoisotopic (exact) mass is 244 g/mol. The molecule has 1 fully saturated rings. The van der Waals surface area contributed by atoms with E-state index in [-0.39, 0.29) is 11.4 Å². The fraction of sp³-hybridized carbons (Fsp3) is 0.615. The summed E-state index contributed by atoms with van der Waals surface area (Å²) in [6.45, 7) is 2.53. The molecule has 0 radical (unpaired) electrons.